The number of nitrogens with zero attached hydrogens (tertiary/aromatic N) is 1. The second kappa shape index (κ2) is 7.47. The van der Waals surface area contributed by atoms with Gasteiger partial charge in [-0.1, -0.05) is 12.1 Å². The van der Waals surface area contributed by atoms with Crippen LogP contribution in [0.4, 0.5) is 5.69 Å². The summed E-state index contributed by atoms with van der Waals surface area (Å²) in [6, 6.07) is 7.65. The molecule has 0 spiro atoms. The van der Waals surface area contributed by atoms with Crippen LogP contribution in [0.5, 0.6) is 0 Å². The van der Waals surface area contributed by atoms with Crippen molar-refractivity contribution in [1.29, 1.82) is 0 Å². The van der Waals surface area contributed by atoms with Gasteiger partial charge in [0.2, 0.25) is 11.8 Å². The van der Waals surface area contributed by atoms with Crippen LogP contribution in [0.1, 0.15) is 12.8 Å². The number of hydrogen-bond donors (Lipinski definition) is 2. The van der Waals surface area contributed by atoms with E-state index in [1.165, 1.54) is 11.8 Å². The van der Waals surface area contributed by atoms with E-state index >= 15 is 0 Å². The molecule has 6 heteroatoms. The average Bonchev–Trinajstić information content (AvgIpc) is 2.44. The van der Waals surface area contributed by atoms with Gasteiger partial charge in [0, 0.05) is 17.9 Å². The van der Waals surface area contributed by atoms with E-state index in [4.69, 9.17) is 0 Å². The molecule has 5 nitrogen and oxygen atoms in total. The van der Waals surface area contributed by atoms with Crippen LogP contribution in [0, 0.1) is 0 Å². The van der Waals surface area contributed by atoms with Crippen molar-refractivity contribution in [3.05, 3.63) is 24.3 Å². The van der Waals surface area contributed by atoms with E-state index in [1.54, 1.807) is 0 Å². The number of nitrogens with one attached hydrogen (secondary N) is 2. The first-order valence-corrected chi connectivity index (χ1v) is 7.92. The lowest BCUT2D eigenvalue weighted by Crippen LogP contribution is -2.35. The van der Waals surface area contributed by atoms with Gasteiger partial charge < -0.3 is 15.5 Å². The second-order valence-electron chi connectivity index (χ2n) is 5.30. The molecule has 0 fully saturated rings. The van der Waals surface area contributed by atoms with Crippen molar-refractivity contribution in [3.8, 4) is 0 Å². The number of fused-ring (bicyclic) bond motifs is 1. The predicted molar refractivity (Wildman–Crippen MR) is 85.5 cm³/mol. The van der Waals surface area contributed by atoms with Crippen LogP contribution in [0.3, 0.4) is 0 Å². The van der Waals surface area contributed by atoms with E-state index in [9.17, 15) is 9.59 Å². The first-order chi connectivity index (χ1) is 10.1. The highest BCUT2D eigenvalue weighted by Crippen LogP contribution is 2.36. The maximum absolute atomic E-state index is 12.0. The molecule has 21 heavy (non-hydrogen) atoms. The molecule has 0 saturated carbocycles. The Bertz CT molecular complexity index is 519. The monoisotopic (exact) mass is 307 g/mol. The van der Waals surface area contributed by atoms with Crippen molar-refractivity contribution < 1.29 is 9.59 Å². The summed E-state index contributed by atoms with van der Waals surface area (Å²) in [7, 11) is 4.00. The molecule has 2 rings (SSSR count). The highest BCUT2D eigenvalue weighted by atomic mass is 32.2. The summed E-state index contributed by atoms with van der Waals surface area (Å²) in [6.45, 7) is 1.58. The molecule has 1 heterocycles. The quantitative estimate of drug-likeness (QED) is 0.783. The SMILES string of the molecule is CN(C)CCCNC(=O)CC1Sc2ccccc2NC1=O. The number of benzene rings is 1. The predicted octanol–water partition coefficient (Wildman–Crippen LogP) is 1.56. The fourth-order valence-corrected chi connectivity index (χ4v) is 3.20. The Kier molecular flexibility index (Phi) is 5.64. The van der Waals surface area contributed by atoms with Crippen LogP contribution < -0.4 is 10.6 Å². The molecule has 1 aliphatic heterocycles. The fourth-order valence-electron chi connectivity index (χ4n) is 2.09. The molecule has 1 aliphatic rings. The standard InChI is InChI=1S/C15H21N3O2S/c1-18(2)9-5-8-16-14(19)10-13-15(20)17-11-6-3-4-7-12(11)21-13/h3-4,6-7,13H,5,8-10H2,1-2H3,(H,16,19)(H,17,20). The summed E-state index contributed by atoms with van der Waals surface area (Å²) in [5.41, 5.74) is 0.829. The molecule has 0 aliphatic carbocycles. The Morgan fingerprint density at radius 2 is 2.14 bits per heavy atom. The molecule has 1 atom stereocenters. The van der Waals surface area contributed by atoms with Gasteiger partial charge in [-0.05, 0) is 39.2 Å². The van der Waals surface area contributed by atoms with Gasteiger partial charge >= 0.3 is 0 Å². The molecule has 0 saturated heterocycles. The summed E-state index contributed by atoms with van der Waals surface area (Å²) in [6.07, 6.45) is 1.12. The molecule has 114 valence electrons. The molecule has 1 aromatic rings. The Hall–Kier alpha value is -1.53. The number of hydrogen-bond acceptors (Lipinski definition) is 4. The molecule has 2 N–H and O–H groups in total. The minimum atomic E-state index is -0.353. The topological polar surface area (TPSA) is 61.4 Å². The number of para-hydroxylation sites is 1. The van der Waals surface area contributed by atoms with E-state index in [0.29, 0.717) is 6.54 Å². The first-order valence-electron chi connectivity index (χ1n) is 7.04. The number of amides is 2. The molecule has 0 radical (unpaired) electrons. The number of rotatable bonds is 6. The van der Waals surface area contributed by atoms with Gasteiger partial charge in [0.15, 0.2) is 0 Å². The molecule has 0 bridgehead atoms. The van der Waals surface area contributed by atoms with Gasteiger partial charge in [-0.15, -0.1) is 11.8 Å². The van der Waals surface area contributed by atoms with Gasteiger partial charge in [0.05, 0.1) is 10.9 Å². The minimum absolute atomic E-state index is 0.0687. The van der Waals surface area contributed by atoms with Gasteiger partial charge in [-0.2, -0.15) is 0 Å². The number of carbonyl (C=O) groups excluding carboxylic acids is 2. The molecule has 0 aromatic heterocycles. The van der Waals surface area contributed by atoms with E-state index in [2.05, 4.69) is 15.5 Å². The molecular formula is C15H21N3O2S. The second-order valence-corrected chi connectivity index (χ2v) is 6.55. The average molecular weight is 307 g/mol. The summed E-state index contributed by atoms with van der Waals surface area (Å²) in [5.74, 6) is -0.164. The van der Waals surface area contributed by atoms with E-state index in [-0.39, 0.29) is 23.5 Å². The van der Waals surface area contributed by atoms with Crippen molar-refractivity contribution in [2.75, 3.05) is 32.5 Å². The largest absolute Gasteiger partial charge is 0.356 e. The lowest BCUT2D eigenvalue weighted by Gasteiger charge is -2.23. The Morgan fingerprint density at radius 3 is 2.90 bits per heavy atom. The summed E-state index contributed by atoms with van der Waals surface area (Å²) >= 11 is 1.46. The maximum Gasteiger partial charge on any atom is 0.238 e. The number of thioether (sulfide) groups is 1. The lowest BCUT2D eigenvalue weighted by atomic mass is 10.2. The molecule has 2 amide bonds. The highest BCUT2D eigenvalue weighted by Gasteiger charge is 2.28. The Morgan fingerprint density at radius 1 is 1.38 bits per heavy atom. The highest BCUT2D eigenvalue weighted by molar-refractivity contribution is 8.01. The zero-order valence-electron chi connectivity index (χ0n) is 12.4. The Labute approximate surface area is 129 Å². The van der Waals surface area contributed by atoms with E-state index < -0.39 is 0 Å². The van der Waals surface area contributed by atoms with Crippen molar-refractivity contribution >= 4 is 29.3 Å². The Balaban J connectivity index is 1.80. The van der Waals surface area contributed by atoms with Crippen LogP contribution in [0.25, 0.3) is 0 Å². The molecule has 1 aromatic carbocycles. The van der Waals surface area contributed by atoms with Crippen molar-refractivity contribution in [3.63, 3.8) is 0 Å². The summed E-state index contributed by atoms with van der Waals surface area (Å²) < 4.78 is 0. The zero-order valence-corrected chi connectivity index (χ0v) is 13.2. The maximum atomic E-state index is 12.0. The van der Waals surface area contributed by atoms with Crippen LogP contribution in [0.15, 0.2) is 29.2 Å². The third-order valence-corrected chi connectivity index (χ3v) is 4.46. The smallest absolute Gasteiger partial charge is 0.238 e. The number of anilines is 1. The van der Waals surface area contributed by atoms with Crippen molar-refractivity contribution in [1.82, 2.24) is 10.2 Å². The lowest BCUT2D eigenvalue weighted by molar-refractivity contribution is -0.124. The van der Waals surface area contributed by atoms with Gasteiger partial charge in [0.25, 0.3) is 0 Å². The molecule has 1 unspecified atom stereocenters. The van der Waals surface area contributed by atoms with Crippen LogP contribution in [-0.4, -0.2) is 49.1 Å². The zero-order chi connectivity index (χ0) is 15.2. The van der Waals surface area contributed by atoms with Crippen molar-refractivity contribution in [2.45, 2.75) is 23.0 Å². The van der Waals surface area contributed by atoms with Crippen LogP contribution in [-0.2, 0) is 9.59 Å². The summed E-state index contributed by atoms with van der Waals surface area (Å²) in [5, 5.41) is 5.37. The normalized spacial score (nSPS) is 17.3. The number of carbonyl (C=O) groups is 2. The minimum Gasteiger partial charge on any atom is -0.356 e. The van der Waals surface area contributed by atoms with E-state index in [0.717, 1.165) is 23.5 Å². The first kappa shape index (κ1) is 15.9. The van der Waals surface area contributed by atoms with E-state index in [1.807, 2.05) is 38.4 Å². The van der Waals surface area contributed by atoms with Crippen LogP contribution in [0.2, 0.25) is 0 Å². The fraction of sp³-hybridized carbons (Fsp3) is 0.467. The van der Waals surface area contributed by atoms with Crippen molar-refractivity contribution in [2.24, 2.45) is 0 Å². The van der Waals surface area contributed by atoms with Gasteiger partial charge in [-0.3, -0.25) is 9.59 Å². The molecular weight excluding hydrogens is 286 g/mol. The van der Waals surface area contributed by atoms with Gasteiger partial charge in [0.1, 0.15) is 0 Å². The van der Waals surface area contributed by atoms with Crippen LogP contribution >= 0.6 is 11.8 Å². The van der Waals surface area contributed by atoms with Gasteiger partial charge in [-0.25, -0.2) is 0 Å². The summed E-state index contributed by atoms with van der Waals surface area (Å²) in [4.78, 5) is 27.0. The third kappa shape index (κ3) is 4.75. The third-order valence-electron chi connectivity index (χ3n) is 3.18.